The van der Waals surface area contributed by atoms with Crippen LogP contribution in [0.3, 0.4) is 0 Å². The van der Waals surface area contributed by atoms with Crippen LogP contribution in [0, 0.1) is 11.3 Å². The summed E-state index contributed by atoms with van der Waals surface area (Å²) in [5.41, 5.74) is -0.766. The number of hydrogen-bond acceptors (Lipinski definition) is 5. The van der Waals surface area contributed by atoms with Crippen molar-refractivity contribution in [3.05, 3.63) is 40.8 Å². The third kappa shape index (κ3) is 3.10. The quantitative estimate of drug-likeness (QED) is 0.854. The molecule has 1 aromatic carbocycles. The van der Waals surface area contributed by atoms with E-state index in [-0.39, 0.29) is 24.6 Å². The summed E-state index contributed by atoms with van der Waals surface area (Å²) in [6.45, 7) is 1.38. The Balaban J connectivity index is 1.56. The Kier molecular flexibility index (Phi) is 4.43. The maximum atomic E-state index is 12.8. The lowest BCUT2D eigenvalue weighted by atomic mass is 9.72. The smallest absolute Gasteiger partial charge is 0.308 e. The summed E-state index contributed by atoms with van der Waals surface area (Å²) in [6, 6.07) is 7.08. The SMILES string of the molecule is O=C(O)C1CN(C(=O)Cn2ncc3ccccc3c2=O)CC12CCOCC2. The Morgan fingerprint density at radius 2 is 2.00 bits per heavy atom. The van der Waals surface area contributed by atoms with Gasteiger partial charge in [0.15, 0.2) is 0 Å². The highest BCUT2D eigenvalue weighted by molar-refractivity contribution is 5.82. The van der Waals surface area contributed by atoms with Crippen LogP contribution in [0.1, 0.15) is 12.8 Å². The van der Waals surface area contributed by atoms with Crippen LogP contribution in [0.15, 0.2) is 35.3 Å². The molecule has 0 aliphatic carbocycles. The van der Waals surface area contributed by atoms with Gasteiger partial charge in [-0.05, 0) is 18.9 Å². The Labute approximate surface area is 155 Å². The second-order valence-corrected chi connectivity index (χ2v) is 7.33. The van der Waals surface area contributed by atoms with Gasteiger partial charge in [0, 0.05) is 37.1 Å². The number of ether oxygens (including phenoxy) is 1. The highest BCUT2D eigenvalue weighted by atomic mass is 16.5. The molecule has 2 aromatic rings. The molecule has 1 unspecified atom stereocenters. The van der Waals surface area contributed by atoms with Crippen molar-refractivity contribution in [1.82, 2.24) is 14.7 Å². The number of aliphatic carboxylic acids is 1. The van der Waals surface area contributed by atoms with Crippen LogP contribution >= 0.6 is 0 Å². The topological polar surface area (TPSA) is 102 Å². The van der Waals surface area contributed by atoms with Crippen LogP contribution in [0.5, 0.6) is 0 Å². The van der Waals surface area contributed by atoms with Gasteiger partial charge in [0.05, 0.1) is 17.5 Å². The van der Waals surface area contributed by atoms with Gasteiger partial charge in [-0.2, -0.15) is 5.10 Å². The zero-order chi connectivity index (χ0) is 19.0. The van der Waals surface area contributed by atoms with Gasteiger partial charge in [-0.1, -0.05) is 18.2 Å². The van der Waals surface area contributed by atoms with Crippen molar-refractivity contribution in [2.75, 3.05) is 26.3 Å². The van der Waals surface area contributed by atoms with Crippen molar-refractivity contribution in [1.29, 1.82) is 0 Å². The Morgan fingerprint density at radius 1 is 1.26 bits per heavy atom. The molecule has 1 amide bonds. The molecule has 2 saturated heterocycles. The maximum absolute atomic E-state index is 12.8. The summed E-state index contributed by atoms with van der Waals surface area (Å²) in [5, 5.41) is 15.0. The highest BCUT2D eigenvalue weighted by Crippen LogP contribution is 2.44. The number of carbonyl (C=O) groups is 2. The third-order valence-corrected chi connectivity index (χ3v) is 5.83. The number of amides is 1. The van der Waals surface area contributed by atoms with Crippen molar-refractivity contribution in [3.8, 4) is 0 Å². The predicted molar refractivity (Wildman–Crippen MR) is 96.2 cm³/mol. The van der Waals surface area contributed by atoms with Crippen LogP contribution in [0.25, 0.3) is 10.8 Å². The first-order valence-electron chi connectivity index (χ1n) is 9.03. The number of aromatic nitrogens is 2. The summed E-state index contributed by atoms with van der Waals surface area (Å²) in [6.07, 6.45) is 2.82. The van der Waals surface area contributed by atoms with E-state index in [1.165, 1.54) is 0 Å². The van der Waals surface area contributed by atoms with Crippen LogP contribution in [-0.4, -0.2) is 58.0 Å². The van der Waals surface area contributed by atoms with Crippen LogP contribution in [0.2, 0.25) is 0 Å². The number of carbonyl (C=O) groups excluding carboxylic acids is 1. The summed E-state index contributed by atoms with van der Waals surface area (Å²) in [4.78, 5) is 38.7. The molecule has 142 valence electrons. The zero-order valence-corrected chi connectivity index (χ0v) is 14.8. The number of fused-ring (bicyclic) bond motifs is 1. The van der Waals surface area contributed by atoms with Gasteiger partial charge in [0.25, 0.3) is 5.56 Å². The number of nitrogens with zero attached hydrogens (tertiary/aromatic N) is 3. The molecule has 3 heterocycles. The second kappa shape index (κ2) is 6.77. The van der Waals surface area contributed by atoms with Gasteiger partial charge in [0.2, 0.25) is 5.91 Å². The number of rotatable bonds is 3. The molecule has 2 aliphatic rings. The van der Waals surface area contributed by atoms with Crippen molar-refractivity contribution >= 4 is 22.6 Å². The standard InChI is InChI=1S/C19H21N3O5/c23-16(11-22-17(24)14-4-2-1-3-13(14)9-20-22)21-10-15(18(25)26)19(12-21)5-7-27-8-6-19/h1-4,9,15H,5-8,10-12H2,(H,25,26). The molecule has 8 nitrogen and oxygen atoms in total. The molecule has 8 heteroatoms. The van der Waals surface area contributed by atoms with Crippen LogP contribution in [-0.2, 0) is 20.9 Å². The van der Waals surface area contributed by atoms with E-state index in [1.807, 2.05) is 6.07 Å². The molecule has 2 fully saturated rings. The normalized spacial score (nSPS) is 21.6. The fraction of sp³-hybridized carbons (Fsp3) is 0.474. The monoisotopic (exact) mass is 371 g/mol. The van der Waals surface area contributed by atoms with Crippen molar-refractivity contribution < 1.29 is 19.4 Å². The van der Waals surface area contributed by atoms with E-state index < -0.39 is 17.3 Å². The Morgan fingerprint density at radius 3 is 2.74 bits per heavy atom. The lowest BCUT2D eigenvalue weighted by Gasteiger charge is -2.36. The van der Waals surface area contributed by atoms with E-state index in [0.717, 1.165) is 10.1 Å². The van der Waals surface area contributed by atoms with Gasteiger partial charge in [-0.15, -0.1) is 0 Å². The van der Waals surface area contributed by atoms with E-state index in [2.05, 4.69) is 5.10 Å². The van der Waals surface area contributed by atoms with E-state index >= 15 is 0 Å². The van der Waals surface area contributed by atoms with Gasteiger partial charge < -0.3 is 14.7 Å². The fourth-order valence-electron chi connectivity index (χ4n) is 4.25. The molecule has 2 aliphatic heterocycles. The van der Waals surface area contributed by atoms with E-state index in [9.17, 15) is 19.5 Å². The fourth-order valence-corrected chi connectivity index (χ4v) is 4.25. The lowest BCUT2D eigenvalue weighted by Crippen LogP contribution is -2.40. The van der Waals surface area contributed by atoms with Gasteiger partial charge in [-0.25, -0.2) is 4.68 Å². The minimum Gasteiger partial charge on any atom is -0.481 e. The van der Waals surface area contributed by atoms with Crippen LogP contribution < -0.4 is 5.56 Å². The first kappa shape index (κ1) is 17.7. The molecule has 27 heavy (non-hydrogen) atoms. The van der Waals surface area contributed by atoms with Gasteiger partial charge in [-0.3, -0.25) is 14.4 Å². The number of likely N-dealkylation sites (tertiary alicyclic amines) is 1. The van der Waals surface area contributed by atoms with E-state index in [1.54, 1.807) is 29.3 Å². The minimum atomic E-state index is -0.881. The average molecular weight is 371 g/mol. The Hall–Kier alpha value is -2.74. The van der Waals surface area contributed by atoms with E-state index in [0.29, 0.717) is 38.0 Å². The summed E-state index contributed by atoms with van der Waals surface area (Å²) in [5.74, 6) is -1.77. The number of carboxylic acids is 1. The summed E-state index contributed by atoms with van der Waals surface area (Å²) >= 11 is 0. The largest absolute Gasteiger partial charge is 0.481 e. The van der Waals surface area contributed by atoms with Gasteiger partial charge >= 0.3 is 5.97 Å². The molecular weight excluding hydrogens is 350 g/mol. The zero-order valence-electron chi connectivity index (χ0n) is 14.8. The lowest BCUT2D eigenvalue weighted by molar-refractivity contribution is -0.146. The molecule has 0 saturated carbocycles. The average Bonchev–Trinajstić information content (AvgIpc) is 3.04. The van der Waals surface area contributed by atoms with Crippen molar-refractivity contribution in [2.45, 2.75) is 19.4 Å². The number of hydrogen-bond donors (Lipinski definition) is 1. The van der Waals surface area contributed by atoms with Gasteiger partial charge in [0.1, 0.15) is 6.54 Å². The first-order valence-corrected chi connectivity index (χ1v) is 9.03. The summed E-state index contributed by atoms with van der Waals surface area (Å²) < 4.78 is 6.53. The third-order valence-electron chi connectivity index (χ3n) is 5.83. The molecule has 0 radical (unpaired) electrons. The molecular formula is C19H21N3O5. The minimum absolute atomic E-state index is 0.163. The van der Waals surface area contributed by atoms with Crippen LogP contribution in [0.4, 0.5) is 0 Å². The van der Waals surface area contributed by atoms with Crippen molar-refractivity contribution in [3.63, 3.8) is 0 Å². The Bertz CT molecular complexity index is 948. The molecule has 1 aromatic heterocycles. The van der Waals surface area contributed by atoms with Crippen molar-refractivity contribution in [2.24, 2.45) is 11.3 Å². The molecule has 1 spiro atoms. The number of benzene rings is 1. The molecule has 0 bridgehead atoms. The van der Waals surface area contributed by atoms with E-state index in [4.69, 9.17) is 4.74 Å². The molecule has 1 N–H and O–H groups in total. The number of carboxylic acid groups (broad SMARTS) is 1. The second-order valence-electron chi connectivity index (χ2n) is 7.33. The first-order chi connectivity index (χ1) is 13.0. The summed E-state index contributed by atoms with van der Waals surface area (Å²) in [7, 11) is 0. The highest BCUT2D eigenvalue weighted by Gasteiger charge is 2.51. The molecule has 1 atom stereocenters. The maximum Gasteiger partial charge on any atom is 0.308 e. The molecule has 4 rings (SSSR count). The predicted octanol–water partition coefficient (Wildman–Crippen LogP) is 0.736.